The Bertz CT molecular complexity index is 2020. The molecule has 5 aliphatic rings. The molecule has 0 amide bonds. The molecule has 4 aromatic rings. The van der Waals surface area contributed by atoms with Crippen LogP contribution in [0.2, 0.25) is 0 Å². The fourth-order valence-corrected chi connectivity index (χ4v) is 9.15. The number of halogens is 3. The van der Waals surface area contributed by atoms with Crippen LogP contribution in [-0.4, -0.2) is 76.4 Å². The van der Waals surface area contributed by atoms with E-state index in [9.17, 15) is 9.50 Å². The number of piperazine rings is 1. The number of phenols is 1. The second-order valence-electron chi connectivity index (χ2n) is 15.1. The molecule has 4 unspecified atom stereocenters. The highest BCUT2D eigenvalue weighted by molar-refractivity contribution is 6.04. The van der Waals surface area contributed by atoms with Crippen molar-refractivity contribution >= 4 is 27.5 Å². The quantitative estimate of drug-likeness (QED) is 0.219. The SMILES string of the molecule is C#Cc1c(F)ccc2cc(O)cc(-c3c(F)cc4c(N5CC6CCC(C5)N6)nc(OCC5(CN6C7CCC6CC(N)C7)CC5)nc4c3F)c12. The van der Waals surface area contributed by atoms with E-state index in [2.05, 4.69) is 26.0 Å². The van der Waals surface area contributed by atoms with Gasteiger partial charge in [0.2, 0.25) is 0 Å². The molecule has 8 nitrogen and oxygen atoms in total. The third-order valence-electron chi connectivity index (χ3n) is 11.7. The summed E-state index contributed by atoms with van der Waals surface area (Å²) in [5.74, 6) is -0.0398. The number of terminal acetylenes is 1. The van der Waals surface area contributed by atoms with E-state index >= 15 is 8.78 Å². The van der Waals surface area contributed by atoms with Gasteiger partial charge in [-0.05, 0) is 81.0 Å². The summed E-state index contributed by atoms with van der Waals surface area (Å²) < 4.78 is 54.5. The molecular formula is C38H39F3N6O2. The minimum absolute atomic E-state index is 0.0302. The van der Waals surface area contributed by atoms with Crippen molar-refractivity contribution in [3.63, 3.8) is 0 Å². The summed E-state index contributed by atoms with van der Waals surface area (Å²) in [4.78, 5) is 14.1. The van der Waals surface area contributed by atoms with Gasteiger partial charge in [0.25, 0.3) is 0 Å². The number of phenolic OH excluding ortho intramolecular Hbond substituents is 1. The highest BCUT2D eigenvalue weighted by Crippen LogP contribution is 2.50. The molecule has 1 aliphatic carbocycles. The third-order valence-corrected chi connectivity index (χ3v) is 11.7. The van der Waals surface area contributed by atoms with Gasteiger partial charge in [0.05, 0.1) is 17.7 Å². The summed E-state index contributed by atoms with van der Waals surface area (Å²) >= 11 is 0. The number of aromatic nitrogens is 2. The Balaban J connectivity index is 1.13. The minimum atomic E-state index is -0.955. The Morgan fingerprint density at radius 3 is 2.43 bits per heavy atom. The first-order valence-corrected chi connectivity index (χ1v) is 17.5. The molecule has 4 atom stereocenters. The zero-order valence-electron chi connectivity index (χ0n) is 27.2. The van der Waals surface area contributed by atoms with Crippen LogP contribution in [0.1, 0.15) is 56.9 Å². The minimum Gasteiger partial charge on any atom is -0.508 e. The molecule has 5 fully saturated rings. The van der Waals surface area contributed by atoms with Crippen LogP contribution in [0.25, 0.3) is 32.8 Å². The fourth-order valence-electron chi connectivity index (χ4n) is 9.15. The zero-order valence-corrected chi connectivity index (χ0v) is 27.2. The maximum Gasteiger partial charge on any atom is 0.319 e. The van der Waals surface area contributed by atoms with Gasteiger partial charge in [0.15, 0.2) is 5.82 Å². The molecule has 11 heteroatoms. The highest BCUT2D eigenvalue weighted by atomic mass is 19.1. The topological polar surface area (TPSA) is 99.8 Å². The Labute approximate surface area is 282 Å². The number of rotatable bonds is 7. The second-order valence-corrected chi connectivity index (χ2v) is 15.1. The van der Waals surface area contributed by atoms with E-state index < -0.39 is 23.0 Å². The molecular weight excluding hydrogens is 629 g/mol. The Kier molecular flexibility index (Phi) is 7.24. The normalized spacial score (nSPS) is 27.2. The van der Waals surface area contributed by atoms with Crippen molar-refractivity contribution in [2.24, 2.45) is 11.1 Å². The lowest BCUT2D eigenvalue weighted by molar-refractivity contribution is 0.0808. The van der Waals surface area contributed by atoms with E-state index in [0.717, 1.165) is 45.1 Å². The zero-order chi connectivity index (χ0) is 33.6. The van der Waals surface area contributed by atoms with Crippen molar-refractivity contribution < 1.29 is 23.0 Å². The first-order chi connectivity index (χ1) is 23.7. The van der Waals surface area contributed by atoms with Crippen molar-refractivity contribution in [2.45, 2.75) is 81.6 Å². The van der Waals surface area contributed by atoms with E-state index in [4.69, 9.17) is 21.9 Å². The highest BCUT2D eigenvalue weighted by Gasteiger charge is 2.50. The van der Waals surface area contributed by atoms with E-state index in [-0.39, 0.29) is 62.7 Å². The van der Waals surface area contributed by atoms with Crippen molar-refractivity contribution in [2.75, 3.05) is 31.1 Å². The van der Waals surface area contributed by atoms with Crippen molar-refractivity contribution in [3.8, 4) is 35.2 Å². The van der Waals surface area contributed by atoms with Gasteiger partial charge in [-0.1, -0.05) is 12.0 Å². The van der Waals surface area contributed by atoms with Crippen LogP contribution >= 0.6 is 0 Å². The third kappa shape index (κ3) is 5.27. The molecule has 0 radical (unpaired) electrons. The molecule has 9 rings (SSSR count). The molecule has 1 saturated carbocycles. The number of aromatic hydroxyl groups is 1. The van der Waals surface area contributed by atoms with Crippen LogP contribution in [0.5, 0.6) is 11.8 Å². The summed E-state index contributed by atoms with van der Waals surface area (Å²) in [7, 11) is 0. The van der Waals surface area contributed by atoms with Gasteiger partial charge in [-0.2, -0.15) is 9.97 Å². The van der Waals surface area contributed by atoms with Crippen LogP contribution in [0.4, 0.5) is 19.0 Å². The molecule has 5 heterocycles. The first-order valence-electron chi connectivity index (χ1n) is 17.5. The monoisotopic (exact) mass is 668 g/mol. The lowest BCUT2D eigenvalue weighted by Gasteiger charge is -2.39. The summed E-state index contributed by atoms with van der Waals surface area (Å²) in [6.45, 7) is 2.60. The van der Waals surface area contributed by atoms with Crippen LogP contribution < -0.4 is 20.7 Å². The van der Waals surface area contributed by atoms with E-state index in [1.807, 2.05) is 0 Å². The largest absolute Gasteiger partial charge is 0.508 e. The number of hydrogen-bond acceptors (Lipinski definition) is 8. The van der Waals surface area contributed by atoms with Gasteiger partial charge >= 0.3 is 6.01 Å². The van der Waals surface area contributed by atoms with Crippen LogP contribution in [0.15, 0.2) is 30.3 Å². The van der Waals surface area contributed by atoms with Gasteiger partial charge in [-0.25, -0.2) is 13.2 Å². The van der Waals surface area contributed by atoms with Gasteiger partial charge in [0.1, 0.15) is 28.7 Å². The van der Waals surface area contributed by atoms with Crippen LogP contribution in [-0.2, 0) is 0 Å². The summed E-state index contributed by atoms with van der Waals surface area (Å²) in [5, 5.41) is 14.9. The number of nitrogens with zero attached hydrogens (tertiary/aromatic N) is 4. The second kappa shape index (κ2) is 11.5. The van der Waals surface area contributed by atoms with E-state index in [1.54, 1.807) is 0 Å². The first kappa shape index (κ1) is 30.9. The summed E-state index contributed by atoms with van der Waals surface area (Å²) in [6, 6.07) is 8.26. The number of fused-ring (bicyclic) bond motifs is 6. The average molecular weight is 669 g/mol. The Morgan fingerprint density at radius 1 is 1.00 bits per heavy atom. The Hall–Kier alpha value is -4.11. The van der Waals surface area contributed by atoms with Gasteiger partial charge in [-0.15, -0.1) is 6.42 Å². The lowest BCUT2D eigenvalue weighted by atomic mass is 9.92. The smallest absolute Gasteiger partial charge is 0.319 e. The molecule has 4 saturated heterocycles. The molecule has 4 aliphatic heterocycles. The van der Waals surface area contributed by atoms with E-state index in [0.29, 0.717) is 43.0 Å². The standard InChI is InChI=1S/C38H39F3N6O2/c1-2-27-30(39)8-3-20-11-26(48)14-28(32(20)27)33-31(40)15-29-35(34(33)41)44-37(45-36(29)46-16-22-4-5-23(17-46)43-22)49-19-38(9-10-38)18-47-24-6-7-25(47)13-21(42)12-24/h1,3,8,11,14-15,21-25,43,48H,4-7,9-10,12-13,16-19,42H2. The number of benzene rings is 3. The molecule has 4 N–H and O–H groups in total. The molecule has 0 spiro atoms. The average Bonchev–Trinajstić information content (AvgIpc) is 3.71. The van der Waals surface area contributed by atoms with E-state index in [1.165, 1.54) is 43.2 Å². The van der Waals surface area contributed by atoms with Gasteiger partial charge in [-0.3, -0.25) is 4.90 Å². The number of piperidine rings is 1. The van der Waals surface area contributed by atoms with Crippen molar-refractivity contribution in [3.05, 3.63) is 53.3 Å². The van der Waals surface area contributed by atoms with Gasteiger partial charge < -0.3 is 25.8 Å². The molecule has 49 heavy (non-hydrogen) atoms. The molecule has 4 bridgehead atoms. The molecule has 254 valence electrons. The number of nitrogens with two attached hydrogens (primary N) is 1. The predicted molar refractivity (Wildman–Crippen MR) is 182 cm³/mol. The number of ether oxygens (including phenoxy) is 1. The maximum atomic E-state index is 17.0. The fraction of sp³-hybridized carbons (Fsp3) is 0.474. The molecule has 1 aromatic heterocycles. The number of hydrogen-bond donors (Lipinski definition) is 3. The predicted octanol–water partition coefficient (Wildman–Crippen LogP) is 5.61. The van der Waals surface area contributed by atoms with Crippen molar-refractivity contribution in [1.29, 1.82) is 0 Å². The van der Waals surface area contributed by atoms with Crippen molar-refractivity contribution in [1.82, 2.24) is 20.2 Å². The summed E-state index contributed by atoms with van der Waals surface area (Å²) in [5.41, 5.74) is 5.54. The number of anilines is 1. The molecule has 3 aromatic carbocycles. The van der Waals surface area contributed by atoms with Gasteiger partial charge in [0, 0.05) is 71.6 Å². The maximum absolute atomic E-state index is 17.0. The number of nitrogens with one attached hydrogen (secondary N) is 1. The van der Waals surface area contributed by atoms with Crippen LogP contribution in [0, 0.1) is 35.2 Å². The lowest BCUT2D eigenvalue weighted by Crippen LogP contribution is -2.51. The van der Waals surface area contributed by atoms with Crippen LogP contribution in [0.3, 0.4) is 0 Å². The Morgan fingerprint density at radius 2 is 1.73 bits per heavy atom. The summed E-state index contributed by atoms with van der Waals surface area (Å²) in [6.07, 6.45) is 14.2.